The summed E-state index contributed by atoms with van der Waals surface area (Å²) in [5.74, 6) is -2.52. The lowest BCUT2D eigenvalue weighted by atomic mass is 10.1. The molecule has 0 saturated heterocycles. The van der Waals surface area contributed by atoms with Crippen LogP contribution in [0.2, 0.25) is 5.02 Å². The van der Waals surface area contributed by atoms with Gasteiger partial charge in [0.1, 0.15) is 17.5 Å². The lowest BCUT2D eigenvalue weighted by Gasteiger charge is -2.05. The number of aromatic carboxylic acids is 1. The fourth-order valence-electron chi connectivity index (χ4n) is 1.84. The third-order valence-electron chi connectivity index (χ3n) is 3.04. The number of halogens is 2. The predicted molar refractivity (Wildman–Crippen MR) is 87.0 cm³/mol. The second kappa shape index (κ2) is 7.40. The van der Waals surface area contributed by atoms with Gasteiger partial charge < -0.3 is 10.4 Å². The van der Waals surface area contributed by atoms with Crippen molar-refractivity contribution in [2.75, 3.05) is 5.32 Å². The molecule has 2 aromatic rings. The van der Waals surface area contributed by atoms with E-state index in [0.29, 0.717) is 5.69 Å². The number of nitrogens with one attached hydrogen (secondary N) is 1. The summed E-state index contributed by atoms with van der Waals surface area (Å²) in [5.41, 5.74) is -0.0515. The summed E-state index contributed by atoms with van der Waals surface area (Å²) in [4.78, 5) is 22.9. The van der Waals surface area contributed by atoms with Crippen LogP contribution in [0, 0.1) is 17.1 Å². The highest BCUT2D eigenvalue weighted by atomic mass is 35.5. The molecule has 0 radical (unpaired) electrons. The largest absolute Gasteiger partial charge is 0.478 e. The number of nitrogens with zero attached hydrogens (tertiary/aromatic N) is 1. The topological polar surface area (TPSA) is 90.2 Å². The zero-order valence-electron chi connectivity index (χ0n) is 12.1. The SMILES string of the molecule is N#C/C(=C/c1c(F)cccc1Cl)C(=O)Nc1ccc(C(=O)O)cc1. The first-order chi connectivity index (χ1) is 11.4. The molecule has 0 saturated carbocycles. The van der Waals surface area contributed by atoms with Gasteiger partial charge in [-0.2, -0.15) is 5.26 Å². The number of carbonyl (C=O) groups excluding carboxylic acids is 1. The highest BCUT2D eigenvalue weighted by Crippen LogP contribution is 2.22. The van der Waals surface area contributed by atoms with Crippen LogP contribution in [0.4, 0.5) is 10.1 Å². The van der Waals surface area contributed by atoms with Crippen LogP contribution < -0.4 is 5.32 Å². The maximum atomic E-state index is 13.7. The van der Waals surface area contributed by atoms with Gasteiger partial charge in [-0.15, -0.1) is 0 Å². The predicted octanol–water partition coefficient (Wildman–Crippen LogP) is 3.72. The highest BCUT2D eigenvalue weighted by molar-refractivity contribution is 6.32. The monoisotopic (exact) mass is 344 g/mol. The van der Waals surface area contributed by atoms with Crippen LogP contribution in [0.15, 0.2) is 48.0 Å². The molecule has 7 heteroatoms. The van der Waals surface area contributed by atoms with Crippen LogP contribution in [-0.2, 0) is 4.79 Å². The minimum Gasteiger partial charge on any atom is -0.478 e. The van der Waals surface area contributed by atoms with Crippen molar-refractivity contribution in [3.05, 3.63) is 70.0 Å². The van der Waals surface area contributed by atoms with Gasteiger partial charge in [-0.1, -0.05) is 17.7 Å². The first kappa shape index (κ1) is 17.2. The molecule has 2 N–H and O–H groups in total. The lowest BCUT2D eigenvalue weighted by molar-refractivity contribution is -0.112. The van der Waals surface area contributed by atoms with Gasteiger partial charge in [0.25, 0.3) is 5.91 Å². The standard InChI is InChI=1S/C17H10ClFN2O3/c18-14-2-1-3-15(19)13(14)8-11(9-20)16(22)21-12-6-4-10(5-7-12)17(23)24/h1-8H,(H,21,22)(H,23,24)/b11-8-. The molecule has 1 amide bonds. The molecule has 2 aromatic carbocycles. The smallest absolute Gasteiger partial charge is 0.335 e. The van der Waals surface area contributed by atoms with E-state index in [0.717, 1.165) is 12.1 Å². The van der Waals surface area contributed by atoms with Crippen molar-refractivity contribution in [2.45, 2.75) is 0 Å². The maximum absolute atomic E-state index is 13.7. The molecular formula is C17H10ClFN2O3. The van der Waals surface area contributed by atoms with E-state index in [1.165, 1.54) is 36.4 Å². The van der Waals surface area contributed by atoms with Crippen molar-refractivity contribution >= 4 is 35.2 Å². The number of nitriles is 1. The minimum absolute atomic E-state index is 0.0576. The third kappa shape index (κ3) is 3.97. The van der Waals surface area contributed by atoms with E-state index in [4.69, 9.17) is 22.0 Å². The molecule has 0 aliphatic carbocycles. The Kier molecular flexibility index (Phi) is 5.30. The first-order valence-corrected chi connectivity index (χ1v) is 7.00. The molecule has 0 atom stereocenters. The molecule has 0 bridgehead atoms. The number of hydrogen-bond donors (Lipinski definition) is 2. The van der Waals surface area contributed by atoms with Crippen molar-refractivity contribution in [1.82, 2.24) is 0 Å². The second-order valence-corrected chi connectivity index (χ2v) is 5.05. The molecule has 0 fully saturated rings. The number of hydrogen-bond acceptors (Lipinski definition) is 3. The molecule has 120 valence electrons. The van der Waals surface area contributed by atoms with Crippen molar-refractivity contribution in [3.63, 3.8) is 0 Å². The van der Waals surface area contributed by atoms with Gasteiger partial charge in [-0.05, 0) is 42.5 Å². The van der Waals surface area contributed by atoms with Gasteiger partial charge >= 0.3 is 5.97 Å². The molecule has 24 heavy (non-hydrogen) atoms. The summed E-state index contributed by atoms with van der Waals surface area (Å²) in [6.07, 6.45) is 1.05. The van der Waals surface area contributed by atoms with E-state index < -0.39 is 17.7 Å². The Bertz CT molecular complexity index is 850. The summed E-state index contributed by atoms with van der Waals surface area (Å²) in [7, 11) is 0. The van der Waals surface area contributed by atoms with E-state index in [1.807, 2.05) is 0 Å². The number of amides is 1. The number of anilines is 1. The van der Waals surface area contributed by atoms with Gasteiger partial charge in [0.05, 0.1) is 10.6 Å². The Morgan fingerprint density at radius 1 is 1.21 bits per heavy atom. The third-order valence-corrected chi connectivity index (χ3v) is 3.37. The van der Waals surface area contributed by atoms with E-state index in [1.54, 1.807) is 6.07 Å². The fraction of sp³-hybridized carbons (Fsp3) is 0. The number of carboxylic acid groups (broad SMARTS) is 1. The van der Waals surface area contributed by atoms with Gasteiger partial charge in [-0.25, -0.2) is 9.18 Å². The van der Waals surface area contributed by atoms with Crippen molar-refractivity contribution in [2.24, 2.45) is 0 Å². The highest BCUT2D eigenvalue weighted by Gasteiger charge is 2.13. The summed E-state index contributed by atoms with van der Waals surface area (Å²) < 4.78 is 13.7. The maximum Gasteiger partial charge on any atom is 0.335 e. The Balaban J connectivity index is 2.25. The average molecular weight is 345 g/mol. The van der Waals surface area contributed by atoms with Gasteiger partial charge in [0.15, 0.2) is 0 Å². The van der Waals surface area contributed by atoms with Crippen LogP contribution in [0.5, 0.6) is 0 Å². The Morgan fingerprint density at radius 2 is 1.88 bits per heavy atom. The lowest BCUT2D eigenvalue weighted by Crippen LogP contribution is -2.13. The van der Waals surface area contributed by atoms with E-state index >= 15 is 0 Å². The quantitative estimate of drug-likeness (QED) is 0.653. The van der Waals surface area contributed by atoms with Gasteiger partial charge in [-0.3, -0.25) is 4.79 Å². The average Bonchev–Trinajstić information content (AvgIpc) is 2.55. The van der Waals surface area contributed by atoms with Crippen molar-refractivity contribution < 1.29 is 19.1 Å². The zero-order valence-corrected chi connectivity index (χ0v) is 12.8. The minimum atomic E-state index is -1.10. The molecule has 0 spiro atoms. The Morgan fingerprint density at radius 3 is 2.42 bits per heavy atom. The van der Waals surface area contributed by atoms with Crippen LogP contribution in [0.25, 0.3) is 6.08 Å². The summed E-state index contributed by atoms with van der Waals surface area (Å²) >= 11 is 5.86. The first-order valence-electron chi connectivity index (χ1n) is 6.63. The van der Waals surface area contributed by atoms with Crippen molar-refractivity contribution in [1.29, 1.82) is 5.26 Å². The normalized spacial score (nSPS) is 10.8. The summed E-state index contributed by atoms with van der Waals surface area (Å²) in [5, 5.41) is 20.4. The van der Waals surface area contributed by atoms with E-state index in [9.17, 15) is 14.0 Å². The number of benzene rings is 2. The Labute approximate surface area is 141 Å². The summed E-state index contributed by atoms with van der Waals surface area (Å²) in [6, 6.07) is 11.1. The molecule has 0 unspecified atom stereocenters. The molecule has 0 aromatic heterocycles. The summed E-state index contributed by atoms with van der Waals surface area (Å²) in [6.45, 7) is 0. The Hall–Kier alpha value is -3.17. The van der Waals surface area contributed by atoms with E-state index in [2.05, 4.69) is 5.32 Å². The molecular weight excluding hydrogens is 335 g/mol. The van der Waals surface area contributed by atoms with Gasteiger partial charge in [0.2, 0.25) is 0 Å². The van der Waals surface area contributed by atoms with Crippen LogP contribution >= 0.6 is 11.6 Å². The number of carbonyl (C=O) groups is 2. The fourth-order valence-corrected chi connectivity index (χ4v) is 2.05. The van der Waals surface area contributed by atoms with Crippen LogP contribution in [0.1, 0.15) is 15.9 Å². The zero-order chi connectivity index (χ0) is 17.7. The molecule has 2 rings (SSSR count). The molecule has 5 nitrogen and oxygen atoms in total. The molecule has 0 aliphatic heterocycles. The number of carboxylic acids is 1. The van der Waals surface area contributed by atoms with Crippen LogP contribution in [-0.4, -0.2) is 17.0 Å². The van der Waals surface area contributed by atoms with Gasteiger partial charge in [0, 0.05) is 11.3 Å². The number of rotatable bonds is 4. The molecule has 0 heterocycles. The van der Waals surface area contributed by atoms with E-state index in [-0.39, 0.29) is 21.7 Å². The van der Waals surface area contributed by atoms with Crippen LogP contribution in [0.3, 0.4) is 0 Å². The molecule has 0 aliphatic rings. The second-order valence-electron chi connectivity index (χ2n) is 4.64. The van der Waals surface area contributed by atoms with Crippen molar-refractivity contribution in [3.8, 4) is 6.07 Å².